The number of benzene rings is 1. The number of carbonyl (C=O) groups excluding carboxylic acids is 2. The topological polar surface area (TPSA) is 77.5 Å². The number of hydrogen-bond acceptors (Lipinski definition) is 6. The van der Waals surface area contributed by atoms with Crippen molar-refractivity contribution < 1.29 is 19.1 Å². The van der Waals surface area contributed by atoms with E-state index in [9.17, 15) is 9.59 Å². The van der Waals surface area contributed by atoms with Gasteiger partial charge in [-0.15, -0.1) is 11.3 Å². The Morgan fingerprint density at radius 1 is 1.33 bits per heavy atom. The molecule has 2 rings (SSSR count). The summed E-state index contributed by atoms with van der Waals surface area (Å²) in [5.41, 5.74) is 1.48. The average molecular weight is 306 g/mol. The zero-order chi connectivity index (χ0) is 15.2. The van der Waals surface area contributed by atoms with Gasteiger partial charge >= 0.3 is 11.9 Å². The third-order valence-corrected chi connectivity index (χ3v) is 3.33. The summed E-state index contributed by atoms with van der Waals surface area (Å²) in [5.74, 6) is -1.07. The zero-order valence-electron chi connectivity index (χ0n) is 11.6. The molecule has 2 aromatic rings. The van der Waals surface area contributed by atoms with Crippen LogP contribution in [0.5, 0.6) is 5.75 Å². The number of carbonyl (C=O) groups is 2. The molecule has 0 aliphatic carbocycles. The Morgan fingerprint density at radius 2 is 2.10 bits per heavy atom. The predicted molar refractivity (Wildman–Crippen MR) is 79.4 cm³/mol. The minimum atomic E-state index is -0.924. The van der Waals surface area contributed by atoms with E-state index >= 15 is 0 Å². The van der Waals surface area contributed by atoms with Crippen LogP contribution in [-0.4, -0.2) is 30.6 Å². The molecular formula is C14H14N2O4S. The zero-order valence-corrected chi connectivity index (χ0v) is 12.4. The Labute approximate surface area is 125 Å². The van der Waals surface area contributed by atoms with E-state index < -0.39 is 11.9 Å². The predicted octanol–water partition coefficient (Wildman–Crippen LogP) is 2.32. The minimum absolute atomic E-state index is 0.149. The molecule has 7 heteroatoms. The fourth-order valence-electron chi connectivity index (χ4n) is 1.66. The van der Waals surface area contributed by atoms with Crippen LogP contribution in [0.2, 0.25) is 0 Å². The van der Waals surface area contributed by atoms with Gasteiger partial charge in [0.15, 0.2) is 5.13 Å². The molecule has 21 heavy (non-hydrogen) atoms. The number of esters is 1. The summed E-state index contributed by atoms with van der Waals surface area (Å²) < 4.78 is 9.87. The van der Waals surface area contributed by atoms with Gasteiger partial charge in [0, 0.05) is 10.9 Å². The molecule has 0 aliphatic rings. The summed E-state index contributed by atoms with van der Waals surface area (Å²) in [7, 11) is 1.58. The van der Waals surface area contributed by atoms with Gasteiger partial charge in [0.05, 0.1) is 19.4 Å². The van der Waals surface area contributed by atoms with Crippen LogP contribution in [0.15, 0.2) is 29.6 Å². The van der Waals surface area contributed by atoms with E-state index in [2.05, 4.69) is 15.0 Å². The molecule has 0 aliphatic heterocycles. The lowest BCUT2D eigenvalue weighted by Crippen LogP contribution is -2.24. The van der Waals surface area contributed by atoms with Crippen molar-refractivity contribution >= 4 is 28.3 Å². The molecule has 1 aromatic heterocycles. The van der Waals surface area contributed by atoms with Crippen molar-refractivity contribution in [1.29, 1.82) is 0 Å². The number of aromatic nitrogens is 1. The van der Waals surface area contributed by atoms with E-state index in [-0.39, 0.29) is 6.61 Å². The van der Waals surface area contributed by atoms with Gasteiger partial charge in [-0.1, -0.05) is 12.1 Å². The van der Waals surface area contributed by atoms with E-state index in [4.69, 9.17) is 4.74 Å². The molecule has 1 amide bonds. The second-order valence-corrected chi connectivity index (χ2v) is 4.77. The molecule has 0 atom stereocenters. The van der Waals surface area contributed by atoms with Gasteiger partial charge < -0.3 is 9.47 Å². The van der Waals surface area contributed by atoms with Gasteiger partial charge in [-0.05, 0) is 19.1 Å². The molecular weight excluding hydrogens is 292 g/mol. The number of thiazole rings is 1. The summed E-state index contributed by atoms with van der Waals surface area (Å²) in [6.45, 7) is 1.78. The monoisotopic (exact) mass is 306 g/mol. The number of amides is 1. The van der Waals surface area contributed by atoms with Crippen LogP contribution in [0.1, 0.15) is 6.92 Å². The highest BCUT2D eigenvalue weighted by Gasteiger charge is 2.17. The van der Waals surface area contributed by atoms with Crippen molar-refractivity contribution in [2.24, 2.45) is 0 Å². The highest BCUT2D eigenvalue weighted by atomic mass is 32.1. The van der Waals surface area contributed by atoms with E-state index in [1.807, 2.05) is 24.3 Å². The lowest BCUT2D eigenvalue weighted by atomic mass is 10.1. The second kappa shape index (κ2) is 6.85. The SMILES string of the molecule is CCOC(=O)C(=O)Nc1nc(-c2ccccc2OC)cs1. The minimum Gasteiger partial charge on any atom is -0.496 e. The maximum absolute atomic E-state index is 11.5. The Kier molecular flexibility index (Phi) is 4.89. The summed E-state index contributed by atoms with van der Waals surface area (Å²) in [4.78, 5) is 27.0. The van der Waals surface area contributed by atoms with Gasteiger partial charge in [0.1, 0.15) is 5.75 Å². The van der Waals surface area contributed by atoms with E-state index in [0.717, 1.165) is 5.56 Å². The Morgan fingerprint density at radius 3 is 2.81 bits per heavy atom. The quantitative estimate of drug-likeness (QED) is 0.693. The van der Waals surface area contributed by atoms with E-state index in [1.54, 1.807) is 19.4 Å². The molecule has 1 aromatic carbocycles. The number of nitrogens with zero attached hydrogens (tertiary/aromatic N) is 1. The normalized spacial score (nSPS) is 10.0. The Balaban J connectivity index is 2.15. The lowest BCUT2D eigenvalue weighted by molar-refractivity contribution is -0.152. The van der Waals surface area contributed by atoms with Crippen LogP contribution in [0.4, 0.5) is 5.13 Å². The molecule has 0 spiro atoms. The fourth-order valence-corrected chi connectivity index (χ4v) is 2.36. The molecule has 1 N–H and O–H groups in total. The first-order chi connectivity index (χ1) is 10.2. The fraction of sp³-hybridized carbons (Fsp3) is 0.214. The highest BCUT2D eigenvalue weighted by molar-refractivity contribution is 7.14. The van der Waals surface area contributed by atoms with Crippen molar-refractivity contribution in [3.05, 3.63) is 29.6 Å². The summed E-state index contributed by atoms with van der Waals surface area (Å²) in [6, 6.07) is 7.42. The second-order valence-electron chi connectivity index (χ2n) is 3.91. The maximum Gasteiger partial charge on any atom is 0.397 e. The number of nitrogens with one attached hydrogen (secondary N) is 1. The van der Waals surface area contributed by atoms with Gasteiger partial charge in [-0.2, -0.15) is 0 Å². The molecule has 0 bridgehead atoms. The molecule has 1 heterocycles. The number of hydrogen-bond donors (Lipinski definition) is 1. The molecule has 0 unspecified atom stereocenters. The van der Waals surface area contributed by atoms with Crippen molar-refractivity contribution in [1.82, 2.24) is 4.98 Å². The number of para-hydroxylation sites is 1. The first-order valence-corrected chi connectivity index (χ1v) is 7.10. The Hall–Kier alpha value is -2.41. The van der Waals surface area contributed by atoms with Crippen LogP contribution >= 0.6 is 11.3 Å². The third-order valence-electron chi connectivity index (χ3n) is 2.57. The van der Waals surface area contributed by atoms with Crippen molar-refractivity contribution in [3.63, 3.8) is 0 Å². The smallest absolute Gasteiger partial charge is 0.397 e. The lowest BCUT2D eigenvalue weighted by Gasteiger charge is -2.05. The van der Waals surface area contributed by atoms with Crippen molar-refractivity contribution in [3.8, 4) is 17.0 Å². The van der Waals surface area contributed by atoms with Gasteiger partial charge in [-0.25, -0.2) is 9.78 Å². The van der Waals surface area contributed by atoms with Crippen molar-refractivity contribution in [2.45, 2.75) is 6.92 Å². The number of rotatable bonds is 4. The molecule has 0 radical (unpaired) electrons. The molecule has 0 fully saturated rings. The number of anilines is 1. The van der Waals surface area contributed by atoms with Gasteiger partial charge in [-0.3, -0.25) is 10.1 Å². The average Bonchev–Trinajstić information content (AvgIpc) is 2.95. The molecule has 0 saturated heterocycles. The number of ether oxygens (including phenoxy) is 2. The first-order valence-electron chi connectivity index (χ1n) is 6.22. The van der Waals surface area contributed by atoms with Crippen LogP contribution in [0.3, 0.4) is 0 Å². The largest absolute Gasteiger partial charge is 0.496 e. The standard InChI is InChI=1S/C14H14N2O4S/c1-3-20-13(18)12(17)16-14-15-10(8-21-14)9-6-4-5-7-11(9)19-2/h4-8H,3H2,1-2H3,(H,15,16,17). The third kappa shape index (κ3) is 3.57. The molecule has 110 valence electrons. The summed E-state index contributed by atoms with van der Waals surface area (Å²) >= 11 is 1.22. The summed E-state index contributed by atoms with van der Waals surface area (Å²) in [6.07, 6.45) is 0. The van der Waals surface area contributed by atoms with Gasteiger partial charge in [0.2, 0.25) is 0 Å². The van der Waals surface area contributed by atoms with Crippen LogP contribution in [-0.2, 0) is 14.3 Å². The van der Waals surface area contributed by atoms with Crippen LogP contribution in [0, 0.1) is 0 Å². The Bertz CT molecular complexity index is 654. The van der Waals surface area contributed by atoms with Crippen LogP contribution in [0.25, 0.3) is 11.3 Å². The van der Waals surface area contributed by atoms with Gasteiger partial charge in [0.25, 0.3) is 0 Å². The maximum atomic E-state index is 11.5. The van der Waals surface area contributed by atoms with E-state index in [1.165, 1.54) is 11.3 Å². The van der Waals surface area contributed by atoms with E-state index in [0.29, 0.717) is 16.6 Å². The van der Waals surface area contributed by atoms with Crippen LogP contribution < -0.4 is 10.1 Å². The highest BCUT2D eigenvalue weighted by Crippen LogP contribution is 2.31. The first kappa shape index (κ1) is 15.0. The molecule has 6 nitrogen and oxygen atoms in total. The number of methoxy groups -OCH3 is 1. The molecule has 0 saturated carbocycles. The van der Waals surface area contributed by atoms with Crippen molar-refractivity contribution in [2.75, 3.05) is 19.0 Å². The summed E-state index contributed by atoms with van der Waals surface area (Å²) in [5, 5.41) is 4.51.